The van der Waals surface area contributed by atoms with Crippen LogP contribution >= 0.6 is 0 Å². The van der Waals surface area contributed by atoms with Crippen LogP contribution in [0.4, 0.5) is 0 Å². The Bertz CT molecular complexity index is 875. The number of ether oxygens (including phenoxy) is 1. The second-order valence-electron chi connectivity index (χ2n) is 4.86. The minimum absolute atomic E-state index is 0.195. The van der Waals surface area contributed by atoms with E-state index < -0.39 is 0 Å². The van der Waals surface area contributed by atoms with Crippen molar-refractivity contribution in [2.24, 2.45) is 0 Å². The number of phenols is 1. The van der Waals surface area contributed by atoms with Crippen molar-refractivity contribution in [1.29, 1.82) is 0 Å². The van der Waals surface area contributed by atoms with Crippen LogP contribution in [0.3, 0.4) is 0 Å². The molecule has 0 atom stereocenters. The fourth-order valence-corrected chi connectivity index (χ4v) is 2.21. The van der Waals surface area contributed by atoms with Crippen LogP contribution in [-0.2, 0) is 6.42 Å². The van der Waals surface area contributed by atoms with Gasteiger partial charge in [0.25, 0.3) is 0 Å². The van der Waals surface area contributed by atoms with Crippen LogP contribution in [0.2, 0.25) is 0 Å². The van der Waals surface area contributed by atoms with Crippen molar-refractivity contribution < 1.29 is 9.84 Å². The van der Waals surface area contributed by atoms with Crippen LogP contribution in [0.25, 0.3) is 10.9 Å². The van der Waals surface area contributed by atoms with Crippen molar-refractivity contribution >= 4 is 10.9 Å². The summed E-state index contributed by atoms with van der Waals surface area (Å²) in [5, 5.41) is 10.8. The number of benzene rings is 2. The molecule has 0 amide bonds. The number of aromatic nitrogens is 1. The van der Waals surface area contributed by atoms with E-state index in [1.54, 1.807) is 13.2 Å². The summed E-state index contributed by atoms with van der Waals surface area (Å²) >= 11 is 0. The number of para-hydroxylation sites is 1. The van der Waals surface area contributed by atoms with Gasteiger partial charge in [-0.2, -0.15) is 0 Å². The van der Waals surface area contributed by atoms with Crippen molar-refractivity contribution in [1.82, 2.24) is 4.98 Å². The Morgan fingerprint density at radius 3 is 2.82 bits per heavy atom. The minimum atomic E-state index is 0.195. The van der Waals surface area contributed by atoms with Crippen LogP contribution < -0.4 is 4.74 Å². The van der Waals surface area contributed by atoms with E-state index in [1.807, 2.05) is 48.5 Å². The lowest BCUT2D eigenvalue weighted by molar-refractivity contribution is 0.414. The Balaban J connectivity index is 1.82. The minimum Gasteiger partial charge on any atom is -0.506 e. The zero-order valence-electron chi connectivity index (χ0n) is 12.2. The first-order valence-corrected chi connectivity index (χ1v) is 6.97. The van der Waals surface area contributed by atoms with Gasteiger partial charge in [-0.05, 0) is 30.3 Å². The van der Waals surface area contributed by atoms with E-state index in [2.05, 4.69) is 16.8 Å². The molecule has 0 aliphatic carbocycles. The van der Waals surface area contributed by atoms with Crippen molar-refractivity contribution in [2.45, 2.75) is 6.42 Å². The first kappa shape index (κ1) is 14.0. The number of pyridine rings is 1. The molecule has 3 aromatic rings. The third-order valence-electron chi connectivity index (χ3n) is 3.33. The van der Waals surface area contributed by atoms with Gasteiger partial charge in [-0.25, -0.2) is 4.98 Å². The summed E-state index contributed by atoms with van der Waals surface area (Å²) in [6, 6.07) is 16.9. The predicted octanol–water partition coefficient (Wildman–Crippen LogP) is 3.54. The largest absolute Gasteiger partial charge is 0.506 e. The Hall–Kier alpha value is -2.99. The van der Waals surface area contributed by atoms with Crippen molar-refractivity contribution in [3.05, 3.63) is 65.9 Å². The Kier molecular flexibility index (Phi) is 3.93. The zero-order valence-corrected chi connectivity index (χ0v) is 12.2. The molecule has 0 saturated heterocycles. The summed E-state index contributed by atoms with van der Waals surface area (Å²) in [5.74, 6) is 7.19. The molecule has 108 valence electrons. The molecule has 0 saturated carbocycles. The van der Waals surface area contributed by atoms with Crippen molar-refractivity contribution in [2.75, 3.05) is 7.11 Å². The number of fused-ring (bicyclic) bond motifs is 1. The smallest absolute Gasteiger partial charge is 0.141 e. The zero-order chi connectivity index (χ0) is 15.4. The highest BCUT2D eigenvalue weighted by Crippen LogP contribution is 2.22. The summed E-state index contributed by atoms with van der Waals surface area (Å²) in [6.45, 7) is 0. The van der Waals surface area contributed by atoms with Gasteiger partial charge in [-0.1, -0.05) is 36.1 Å². The molecule has 3 heteroatoms. The Morgan fingerprint density at radius 1 is 1.09 bits per heavy atom. The summed E-state index contributed by atoms with van der Waals surface area (Å²) in [6.07, 6.45) is 0.529. The van der Waals surface area contributed by atoms with Gasteiger partial charge in [0.05, 0.1) is 19.2 Å². The molecular formula is C19H15NO2. The lowest BCUT2D eigenvalue weighted by atomic mass is 10.1. The van der Waals surface area contributed by atoms with E-state index in [4.69, 9.17) is 4.74 Å². The molecule has 3 nitrogen and oxygen atoms in total. The third-order valence-corrected chi connectivity index (χ3v) is 3.33. The number of nitrogens with zero attached hydrogens (tertiary/aromatic N) is 1. The second kappa shape index (κ2) is 6.19. The average molecular weight is 289 g/mol. The molecule has 0 spiro atoms. The number of phenolic OH excluding ortho intramolecular Hbond substituents is 1. The van der Waals surface area contributed by atoms with Gasteiger partial charge in [-0.3, -0.25) is 0 Å². The molecule has 0 aliphatic rings. The molecule has 22 heavy (non-hydrogen) atoms. The van der Waals surface area contributed by atoms with Gasteiger partial charge in [-0.15, -0.1) is 0 Å². The molecule has 2 aromatic carbocycles. The Morgan fingerprint density at radius 2 is 1.95 bits per heavy atom. The maximum atomic E-state index is 9.84. The van der Waals surface area contributed by atoms with Crippen LogP contribution in [0, 0.1) is 11.8 Å². The standard InChI is InChI=1S/C19H15NO2/c1-22-17-9-3-6-14(13-17)5-2-8-16-12-11-15-7-4-10-18(21)19(15)20-16/h3-4,6-7,9-13,21H,8H2,1H3. The van der Waals surface area contributed by atoms with Crippen LogP contribution in [0.5, 0.6) is 11.5 Å². The molecular weight excluding hydrogens is 274 g/mol. The number of hydrogen-bond donors (Lipinski definition) is 1. The average Bonchev–Trinajstić information content (AvgIpc) is 2.56. The fraction of sp³-hybridized carbons (Fsp3) is 0.105. The van der Waals surface area contributed by atoms with E-state index in [1.165, 1.54) is 0 Å². The van der Waals surface area contributed by atoms with Gasteiger partial charge in [0.15, 0.2) is 0 Å². The van der Waals surface area contributed by atoms with Crippen molar-refractivity contribution in [3.63, 3.8) is 0 Å². The molecule has 1 aromatic heterocycles. The molecule has 0 bridgehead atoms. The van der Waals surface area contributed by atoms with E-state index in [9.17, 15) is 5.11 Å². The van der Waals surface area contributed by atoms with Crippen LogP contribution in [-0.4, -0.2) is 17.2 Å². The first-order valence-electron chi connectivity index (χ1n) is 6.97. The summed E-state index contributed by atoms with van der Waals surface area (Å²) in [7, 11) is 1.64. The Labute approximate surface area is 129 Å². The van der Waals surface area contributed by atoms with E-state index in [0.717, 1.165) is 22.4 Å². The maximum Gasteiger partial charge on any atom is 0.141 e. The first-order chi connectivity index (χ1) is 10.8. The molecule has 1 heterocycles. The van der Waals surface area contributed by atoms with Gasteiger partial charge in [0.2, 0.25) is 0 Å². The lowest BCUT2D eigenvalue weighted by Gasteiger charge is -2.01. The molecule has 3 rings (SSSR count). The fourth-order valence-electron chi connectivity index (χ4n) is 2.21. The number of aromatic hydroxyl groups is 1. The normalized spacial score (nSPS) is 10.0. The maximum absolute atomic E-state index is 9.84. The SMILES string of the molecule is COc1cccc(C#CCc2ccc3cccc(O)c3n2)c1. The number of methoxy groups -OCH3 is 1. The van der Waals surface area contributed by atoms with Gasteiger partial charge < -0.3 is 9.84 Å². The molecule has 0 aliphatic heterocycles. The number of rotatable bonds is 2. The van der Waals surface area contributed by atoms with E-state index >= 15 is 0 Å². The highest BCUT2D eigenvalue weighted by molar-refractivity contribution is 5.84. The lowest BCUT2D eigenvalue weighted by Crippen LogP contribution is -1.89. The quantitative estimate of drug-likeness (QED) is 0.734. The van der Waals surface area contributed by atoms with E-state index in [-0.39, 0.29) is 5.75 Å². The predicted molar refractivity (Wildman–Crippen MR) is 87.0 cm³/mol. The van der Waals surface area contributed by atoms with Crippen LogP contribution in [0.1, 0.15) is 11.3 Å². The second-order valence-corrected chi connectivity index (χ2v) is 4.86. The van der Waals surface area contributed by atoms with Gasteiger partial charge in [0, 0.05) is 10.9 Å². The molecule has 0 fully saturated rings. The summed E-state index contributed by atoms with van der Waals surface area (Å²) in [5.41, 5.74) is 2.36. The van der Waals surface area contributed by atoms with Crippen molar-refractivity contribution in [3.8, 4) is 23.3 Å². The summed E-state index contributed by atoms with van der Waals surface area (Å²) < 4.78 is 5.17. The highest BCUT2D eigenvalue weighted by atomic mass is 16.5. The molecule has 0 unspecified atom stereocenters. The van der Waals surface area contributed by atoms with Gasteiger partial charge in [0.1, 0.15) is 17.0 Å². The van der Waals surface area contributed by atoms with Gasteiger partial charge >= 0.3 is 0 Å². The topological polar surface area (TPSA) is 42.4 Å². The highest BCUT2D eigenvalue weighted by Gasteiger charge is 2.01. The monoisotopic (exact) mass is 289 g/mol. The van der Waals surface area contributed by atoms with Crippen LogP contribution in [0.15, 0.2) is 54.6 Å². The third kappa shape index (κ3) is 3.02. The van der Waals surface area contributed by atoms with E-state index in [0.29, 0.717) is 11.9 Å². The molecule has 1 N–H and O–H groups in total. The number of hydrogen-bond acceptors (Lipinski definition) is 3. The summed E-state index contributed by atoms with van der Waals surface area (Å²) in [4.78, 5) is 4.46. The molecule has 0 radical (unpaired) electrons.